The SMILES string of the molecule is CN(C(=O)C1CCN(C(=O)c2ccc(F)cc2)CC1)C1CCc2ccccc21. The zero-order valence-electron chi connectivity index (χ0n) is 16.1. The first-order chi connectivity index (χ1) is 13.5. The van der Waals surface area contributed by atoms with Gasteiger partial charge in [0.1, 0.15) is 5.82 Å². The molecule has 5 heteroatoms. The molecule has 0 N–H and O–H groups in total. The predicted molar refractivity (Wildman–Crippen MR) is 105 cm³/mol. The molecule has 0 saturated carbocycles. The van der Waals surface area contributed by atoms with E-state index in [4.69, 9.17) is 0 Å². The maximum Gasteiger partial charge on any atom is 0.253 e. The first-order valence-corrected chi connectivity index (χ1v) is 9.94. The Labute approximate surface area is 164 Å². The van der Waals surface area contributed by atoms with Crippen LogP contribution in [0.3, 0.4) is 0 Å². The average Bonchev–Trinajstić information content (AvgIpc) is 3.17. The fourth-order valence-corrected chi connectivity index (χ4v) is 4.48. The van der Waals surface area contributed by atoms with Crippen molar-refractivity contribution in [2.45, 2.75) is 31.7 Å². The molecule has 0 radical (unpaired) electrons. The minimum Gasteiger partial charge on any atom is -0.339 e. The summed E-state index contributed by atoms with van der Waals surface area (Å²) in [5.74, 6) is -0.313. The molecule has 28 heavy (non-hydrogen) atoms. The topological polar surface area (TPSA) is 40.6 Å². The minimum atomic E-state index is -0.350. The van der Waals surface area contributed by atoms with E-state index in [2.05, 4.69) is 18.2 Å². The molecule has 2 aromatic carbocycles. The standard InChI is InChI=1S/C23H25FN2O2/c1-25(21-11-8-16-4-2-3-5-20(16)21)22(27)18-12-14-26(15-13-18)23(28)17-6-9-19(24)10-7-17/h2-7,9-10,18,21H,8,11-15H2,1H3. The van der Waals surface area contributed by atoms with Gasteiger partial charge >= 0.3 is 0 Å². The highest BCUT2D eigenvalue weighted by atomic mass is 19.1. The molecule has 1 heterocycles. The van der Waals surface area contributed by atoms with Crippen molar-refractivity contribution in [1.82, 2.24) is 9.80 Å². The summed E-state index contributed by atoms with van der Waals surface area (Å²) in [6.45, 7) is 1.11. The van der Waals surface area contributed by atoms with Gasteiger partial charge in [-0.1, -0.05) is 24.3 Å². The lowest BCUT2D eigenvalue weighted by atomic mass is 9.94. The zero-order valence-corrected chi connectivity index (χ0v) is 16.1. The Morgan fingerprint density at radius 2 is 1.68 bits per heavy atom. The van der Waals surface area contributed by atoms with E-state index < -0.39 is 0 Å². The monoisotopic (exact) mass is 380 g/mol. The number of benzene rings is 2. The van der Waals surface area contributed by atoms with Gasteiger partial charge in [-0.15, -0.1) is 0 Å². The lowest BCUT2D eigenvalue weighted by molar-refractivity contribution is -0.137. The van der Waals surface area contributed by atoms with Crippen molar-refractivity contribution in [2.75, 3.05) is 20.1 Å². The quantitative estimate of drug-likeness (QED) is 0.812. The summed E-state index contributed by atoms with van der Waals surface area (Å²) in [4.78, 5) is 29.3. The highest BCUT2D eigenvalue weighted by Gasteiger charge is 2.34. The molecule has 2 aromatic rings. The van der Waals surface area contributed by atoms with E-state index in [0.29, 0.717) is 31.5 Å². The number of hydrogen-bond donors (Lipinski definition) is 0. The third-order valence-electron chi connectivity index (χ3n) is 6.14. The van der Waals surface area contributed by atoms with Gasteiger partial charge in [0, 0.05) is 31.6 Å². The lowest BCUT2D eigenvalue weighted by Crippen LogP contribution is -2.44. The van der Waals surface area contributed by atoms with Crippen molar-refractivity contribution in [2.24, 2.45) is 5.92 Å². The Kier molecular flexibility index (Phi) is 5.16. The van der Waals surface area contributed by atoms with Crippen molar-refractivity contribution >= 4 is 11.8 Å². The lowest BCUT2D eigenvalue weighted by Gasteiger charge is -2.35. The molecule has 1 fully saturated rings. The summed E-state index contributed by atoms with van der Waals surface area (Å²) in [7, 11) is 1.91. The number of carbonyl (C=O) groups is 2. The summed E-state index contributed by atoms with van der Waals surface area (Å²) in [6.07, 6.45) is 3.33. The van der Waals surface area contributed by atoms with Gasteiger partial charge in [0.2, 0.25) is 5.91 Å². The Balaban J connectivity index is 1.36. The van der Waals surface area contributed by atoms with Gasteiger partial charge in [-0.2, -0.15) is 0 Å². The highest BCUT2D eigenvalue weighted by Crippen LogP contribution is 2.36. The average molecular weight is 380 g/mol. The number of aryl methyl sites for hydroxylation is 1. The second kappa shape index (κ2) is 7.74. The van der Waals surface area contributed by atoms with Crippen LogP contribution in [0.5, 0.6) is 0 Å². The van der Waals surface area contributed by atoms with E-state index in [-0.39, 0.29) is 29.6 Å². The zero-order chi connectivity index (χ0) is 19.7. The smallest absolute Gasteiger partial charge is 0.253 e. The fraction of sp³-hybridized carbons (Fsp3) is 0.391. The number of halogens is 1. The van der Waals surface area contributed by atoms with Crippen molar-refractivity contribution in [3.63, 3.8) is 0 Å². The third kappa shape index (κ3) is 3.53. The Morgan fingerprint density at radius 3 is 2.39 bits per heavy atom. The summed E-state index contributed by atoms with van der Waals surface area (Å²) in [5.41, 5.74) is 3.10. The van der Waals surface area contributed by atoms with Crippen LogP contribution in [-0.4, -0.2) is 41.8 Å². The number of nitrogens with zero attached hydrogens (tertiary/aromatic N) is 2. The number of carbonyl (C=O) groups excluding carboxylic acids is 2. The molecule has 4 rings (SSSR count). The van der Waals surface area contributed by atoms with Crippen LogP contribution in [0.4, 0.5) is 4.39 Å². The van der Waals surface area contributed by atoms with Gasteiger partial charge in [0.15, 0.2) is 0 Å². The first kappa shape index (κ1) is 18.7. The molecule has 2 aliphatic rings. The molecule has 1 aliphatic carbocycles. The van der Waals surface area contributed by atoms with E-state index in [1.54, 1.807) is 4.90 Å². The number of amides is 2. The number of piperidine rings is 1. The second-order valence-electron chi connectivity index (χ2n) is 7.78. The number of likely N-dealkylation sites (tertiary alicyclic amines) is 1. The van der Waals surface area contributed by atoms with E-state index in [1.165, 1.54) is 35.4 Å². The molecule has 1 aliphatic heterocycles. The van der Waals surface area contributed by atoms with E-state index in [9.17, 15) is 14.0 Å². The van der Waals surface area contributed by atoms with Crippen LogP contribution < -0.4 is 0 Å². The number of hydrogen-bond acceptors (Lipinski definition) is 2. The van der Waals surface area contributed by atoms with Gasteiger partial charge in [-0.05, 0) is 61.1 Å². The fourth-order valence-electron chi connectivity index (χ4n) is 4.48. The molecule has 1 saturated heterocycles. The highest BCUT2D eigenvalue weighted by molar-refractivity contribution is 5.94. The molecular formula is C23H25FN2O2. The first-order valence-electron chi connectivity index (χ1n) is 9.94. The summed E-state index contributed by atoms with van der Waals surface area (Å²) in [6, 6.07) is 14.2. The van der Waals surface area contributed by atoms with Gasteiger partial charge < -0.3 is 9.80 Å². The van der Waals surface area contributed by atoms with Crippen LogP contribution in [0.25, 0.3) is 0 Å². The Morgan fingerprint density at radius 1 is 1.00 bits per heavy atom. The van der Waals surface area contributed by atoms with Crippen molar-refractivity contribution in [1.29, 1.82) is 0 Å². The minimum absolute atomic E-state index is 0.0463. The molecule has 1 unspecified atom stereocenters. The molecule has 0 bridgehead atoms. The molecule has 2 amide bonds. The normalized spacial score (nSPS) is 19.4. The Bertz CT molecular complexity index is 872. The largest absolute Gasteiger partial charge is 0.339 e. The van der Waals surface area contributed by atoms with Crippen LogP contribution in [0.15, 0.2) is 48.5 Å². The summed E-state index contributed by atoms with van der Waals surface area (Å²) < 4.78 is 13.1. The van der Waals surface area contributed by atoms with Gasteiger partial charge in [0.25, 0.3) is 5.91 Å². The van der Waals surface area contributed by atoms with Gasteiger partial charge in [0.05, 0.1) is 6.04 Å². The van der Waals surface area contributed by atoms with Gasteiger partial charge in [-0.3, -0.25) is 9.59 Å². The van der Waals surface area contributed by atoms with E-state index in [1.807, 2.05) is 18.0 Å². The molecule has 0 spiro atoms. The van der Waals surface area contributed by atoms with Crippen molar-refractivity contribution in [3.8, 4) is 0 Å². The van der Waals surface area contributed by atoms with Crippen LogP contribution in [0, 0.1) is 11.7 Å². The maximum absolute atomic E-state index is 13.1. The summed E-state index contributed by atoms with van der Waals surface area (Å²) in [5, 5.41) is 0. The van der Waals surface area contributed by atoms with Crippen LogP contribution >= 0.6 is 0 Å². The predicted octanol–water partition coefficient (Wildman–Crippen LogP) is 3.82. The number of fused-ring (bicyclic) bond motifs is 1. The summed E-state index contributed by atoms with van der Waals surface area (Å²) >= 11 is 0. The van der Waals surface area contributed by atoms with Crippen LogP contribution in [-0.2, 0) is 11.2 Å². The molecule has 146 valence electrons. The van der Waals surface area contributed by atoms with Crippen LogP contribution in [0.1, 0.15) is 46.8 Å². The van der Waals surface area contributed by atoms with E-state index in [0.717, 1.165) is 12.8 Å². The van der Waals surface area contributed by atoms with Gasteiger partial charge in [-0.25, -0.2) is 4.39 Å². The van der Waals surface area contributed by atoms with Crippen LogP contribution in [0.2, 0.25) is 0 Å². The second-order valence-corrected chi connectivity index (χ2v) is 7.78. The molecule has 0 aromatic heterocycles. The Hall–Kier alpha value is -2.69. The molecule has 4 nitrogen and oxygen atoms in total. The molecule has 1 atom stereocenters. The third-order valence-corrected chi connectivity index (χ3v) is 6.14. The van der Waals surface area contributed by atoms with E-state index >= 15 is 0 Å². The number of rotatable bonds is 3. The van der Waals surface area contributed by atoms with Crippen molar-refractivity contribution < 1.29 is 14.0 Å². The maximum atomic E-state index is 13.1. The molecular weight excluding hydrogens is 355 g/mol. The van der Waals surface area contributed by atoms with Crippen molar-refractivity contribution in [3.05, 3.63) is 71.0 Å².